The molecular weight excluding hydrogens is 760 g/mol. The van der Waals surface area contributed by atoms with E-state index in [1.807, 2.05) is 54.6 Å². The molecule has 0 saturated carbocycles. The highest BCUT2D eigenvalue weighted by atomic mass is 16.6. The molecule has 19 heteroatoms. The van der Waals surface area contributed by atoms with Gasteiger partial charge in [0.25, 0.3) is 17.3 Å². The van der Waals surface area contributed by atoms with Gasteiger partial charge in [-0.25, -0.2) is 0 Å². The number of nitrogens with zero attached hydrogens (tertiary/aromatic N) is 2. The van der Waals surface area contributed by atoms with Gasteiger partial charge in [-0.2, -0.15) is 5.16 Å². The van der Waals surface area contributed by atoms with Crippen LogP contribution in [-0.4, -0.2) is 116 Å². The number of β-amino-alcohol motifs (C(OH)–C–C–N with tert-alkyl or cyclic N) is 1. The van der Waals surface area contributed by atoms with Crippen LogP contribution in [0.1, 0.15) is 19.3 Å². The molecule has 3 saturated heterocycles. The molecule has 3 aromatic heterocycles. The van der Waals surface area contributed by atoms with Gasteiger partial charge in [0.1, 0.15) is 30.3 Å². The van der Waals surface area contributed by atoms with E-state index in [4.69, 9.17) is 37.6 Å². The smallest absolute Gasteiger partial charge is 0.323 e. The minimum absolute atomic E-state index is 0.113. The number of nitrogens with one attached hydrogen (secondary N) is 4. The lowest BCUT2D eigenvalue weighted by molar-refractivity contribution is -0.143. The number of aliphatic hydroxyl groups is 1. The Morgan fingerprint density at radius 1 is 0.603 bits per heavy atom. The number of ether oxygens (including phenoxy) is 5. The predicted molar refractivity (Wildman–Crippen MR) is 205 cm³/mol. The van der Waals surface area contributed by atoms with Crippen molar-refractivity contribution in [3.63, 3.8) is 0 Å². The van der Waals surface area contributed by atoms with Crippen LogP contribution in [0.4, 0.5) is 0 Å². The lowest BCUT2D eigenvalue weighted by Gasteiger charge is -2.09. The van der Waals surface area contributed by atoms with Crippen LogP contribution in [0.2, 0.25) is 0 Å². The van der Waals surface area contributed by atoms with Crippen LogP contribution in [0.15, 0.2) is 91.2 Å². The number of methoxy groups -OCH3 is 3. The quantitative estimate of drug-likeness (QED) is 0.115. The maximum absolute atomic E-state index is 11.4. The number of fused-ring (bicyclic) bond motifs is 3. The summed E-state index contributed by atoms with van der Waals surface area (Å²) in [5, 5.41) is 30.3. The lowest BCUT2D eigenvalue weighted by Crippen LogP contribution is -2.31. The Hall–Kier alpha value is -6.28. The fourth-order valence-electron chi connectivity index (χ4n) is 6.38. The molecule has 0 spiro atoms. The molecule has 0 unspecified atom stereocenters. The summed E-state index contributed by atoms with van der Waals surface area (Å²) in [5.74, 6) is 0.101. The number of esters is 3. The average Bonchev–Trinajstić information content (AvgIpc) is 4.14. The molecule has 3 fully saturated rings. The molecule has 6 aromatic rings. The van der Waals surface area contributed by atoms with E-state index in [1.54, 1.807) is 18.2 Å². The Kier molecular flexibility index (Phi) is 14.1. The number of hydrogen-bond acceptors (Lipinski definition) is 18. The van der Waals surface area contributed by atoms with Gasteiger partial charge in [-0.3, -0.25) is 19.2 Å². The zero-order valence-electron chi connectivity index (χ0n) is 31.9. The van der Waals surface area contributed by atoms with E-state index in [0.717, 1.165) is 10.8 Å². The van der Waals surface area contributed by atoms with Crippen molar-refractivity contribution in [1.29, 1.82) is 0 Å². The topological polar surface area (TPSA) is 252 Å². The Bertz CT molecular complexity index is 2230. The first kappa shape index (κ1) is 41.4. The fourth-order valence-corrected chi connectivity index (χ4v) is 6.38. The van der Waals surface area contributed by atoms with Gasteiger partial charge in [-0.15, -0.1) is 0 Å². The maximum Gasteiger partial charge on any atom is 0.323 e. The van der Waals surface area contributed by atoms with Crippen LogP contribution in [0.5, 0.6) is 11.8 Å². The molecule has 3 aromatic carbocycles. The number of hydrogen-bond donors (Lipinski definition) is 5. The number of carbonyl (C=O) groups is 3. The highest BCUT2D eigenvalue weighted by molar-refractivity contribution is 5.83. The van der Waals surface area contributed by atoms with E-state index in [0.29, 0.717) is 72.8 Å². The van der Waals surface area contributed by atoms with Gasteiger partial charge in [0, 0.05) is 38.9 Å². The van der Waals surface area contributed by atoms with Crippen molar-refractivity contribution in [2.75, 3.05) is 41.0 Å². The van der Waals surface area contributed by atoms with Gasteiger partial charge in [-0.05, 0) is 46.7 Å². The molecule has 6 atom stereocenters. The molecule has 58 heavy (non-hydrogen) atoms. The highest BCUT2D eigenvalue weighted by Crippen LogP contribution is 2.28. The molecule has 308 valence electrons. The maximum atomic E-state index is 11.4. The first-order valence-electron chi connectivity index (χ1n) is 18.4. The van der Waals surface area contributed by atoms with Crippen LogP contribution in [0, 0.1) is 0 Å². The Morgan fingerprint density at radius 3 is 1.45 bits per heavy atom. The third kappa shape index (κ3) is 10.4. The Balaban J connectivity index is 0.000000136. The summed E-state index contributed by atoms with van der Waals surface area (Å²) in [6.07, 6.45) is 0.966. The summed E-state index contributed by atoms with van der Waals surface area (Å²) in [7, 11) is 4.10. The number of aliphatic hydroxyl groups excluding tert-OH is 1. The molecule has 0 amide bonds. The summed E-state index contributed by atoms with van der Waals surface area (Å²) < 4.78 is 40.6. The summed E-state index contributed by atoms with van der Waals surface area (Å²) >= 11 is 0. The van der Waals surface area contributed by atoms with Gasteiger partial charge in [-0.1, -0.05) is 36.4 Å². The van der Waals surface area contributed by atoms with Crippen LogP contribution < -0.4 is 31.0 Å². The van der Waals surface area contributed by atoms with Crippen LogP contribution in [0.25, 0.3) is 32.9 Å². The monoisotopic (exact) mass is 804 g/mol. The third-order valence-electron chi connectivity index (χ3n) is 9.38. The summed E-state index contributed by atoms with van der Waals surface area (Å²) in [5.41, 5.74) is 1.81. The number of aromatic amines is 1. The van der Waals surface area contributed by atoms with E-state index >= 15 is 0 Å². The molecule has 19 nitrogen and oxygen atoms in total. The van der Waals surface area contributed by atoms with Gasteiger partial charge < -0.3 is 58.3 Å². The van der Waals surface area contributed by atoms with Gasteiger partial charge in [0.2, 0.25) is 0 Å². The lowest BCUT2D eigenvalue weighted by atomic mass is 10.2. The van der Waals surface area contributed by atoms with E-state index < -0.39 is 6.10 Å². The molecule has 6 heterocycles. The number of benzene rings is 3. The van der Waals surface area contributed by atoms with Crippen molar-refractivity contribution in [2.24, 2.45) is 0 Å². The SMILES string of the molecule is COC(=O)[C@@H]1C[C@@H](Oc2noc3ccccc23)CN1.COC(=O)[C@@H]1C[C@@H](Oc2noc3ccccc23)CN1.COC(=O)[C@@H]1C[C@H](O)CN1.O=c1[nH]oc2ccccc12. The number of H-pyrrole nitrogens is 1. The second-order valence-electron chi connectivity index (χ2n) is 13.3. The first-order valence-corrected chi connectivity index (χ1v) is 18.4. The number of rotatable bonds is 7. The molecule has 0 radical (unpaired) electrons. The molecule has 3 aliphatic heterocycles. The van der Waals surface area contributed by atoms with Crippen molar-refractivity contribution in [1.82, 2.24) is 31.4 Å². The first-order chi connectivity index (χ1) is 28.2. The van der Waals surface area contributed by atoms with Crippen molar-refractivity contribution in [3.05, 3.63) is 83.2 Å². The number of para-hydroxylation sites is 3. The second kappa shape index (κ2) is 19.7. The van der Waals surface area contributed by atoms with Gasteiger partial charge in [0.15, 0.2) is 16.7 Å². The van der Waals surface area contributed by atoms with Crippen molar-refractivity contribution in [3.8, 4) is 11.8 Å². The second-order valence-corrected chi connectivity index (χ2v) is 13.3. The number of carbonyl (C=O) groups excluding carboxylic acids is 3. The third-order valence-corrected chi connectivity index (χ3v) is 9.38. The zero-order valence-corrected chi connectivity index (χ0v) is 31.9. The van der Waals surface area contributed by atoms with E-state index in [9.17, 15) is 19.2 Å². The molecule has 3 aliphatic rings. The fraction of sp³-hybridized carbons (Fsp3) is 0.385. The van der Waals surface area contributed by atoms with Crippen molar-refractivity contribution >= 4 is 50.8 Å². The van der Waals surface area contributed by atoms with Crippen LogP contribution in [-0.2, 0) is 28.6 Å². The van der Waals surface area contributed by atoms with Crippen LogP contribution in [0.3, 0.4) is 0 Å². The van der Waals surface area contributed by atoms with Crippen LogP contribution >= 0.6 is 0 Å². The minimum atomic E-state index is -0.399. The number of aromatic nitrogens is 3. The van der Waals surface area contributed by atoms with E-state index in [1.165, 1.54) is 21.3 Å². The summed E-state index contributed by atoms with van der Waals surface area (Å²) in [4.78, 5) is 44.4. The normalized spacial score (nSPS) is 22.1. The standard InChI is InChI=1S/2C13H14N2O4.C7H5NO2.C6H11NO3/c2*1-17-13(16)10-6-8(7-14-10)18-12-9-4-2-3-5-11(9)19-15-12;9-7-5-3-1-2-4-6(5)10-8-7;1-10-6(9)5-2-4(8)3-7-5/h2*2-5,8,10,14H,6-7H2,1H3;1-4H,(H,8,9);4-5,7-8H,2-3H2,1H3/t2*8-,10+;;4-,5-/m11.0/s1. The van der Waals surface area contributed by atoms with Gasteiger partial charge >= 0.3 is 17.9 Å². The molecule has 0 aliphatic carbocycles. The van der Waals surface area contributed by atoms with Gasteiger partial charge in [0.05, 0.1) is 43.6 Å². The van der Waals surface area contributed by atoms with E-state index in [2.05, 4.69) is 36.2 Å². The average molecular weight is 805 g/mol. The molecule has 5 N–H and O–H groups in total. The molecule has 9 rings (SSSR count). The van der Waals surface area contributed by atoms with Crippen molar-refractivity contribution in [2.45, 2.75) is 55.7 Å². The van der Waals surface area contributed by atoms with E-state index in [-0.39, 0.29) is 53.8 Å². The Morgan fingerprint density at radius 2 is 1.02 bits per heavy atom. The zero-order chi connectivity index (χ0) is 41.0. The largest absolute Gasteiger partial charge is 0.470 e. The van der Waals surface area contributed by atoms with Crippen molar-refractivity contribution < 1.29 is 56.7 Å². The summed E-state index contributed by atoms with van der Waals surface area (Å²) in [6, 6.07) is 21.1. The molecular formula is C39H44N6O13. The summed E-state index contributed by atoms with van der Waals surface area (Å²) in [6.45, 7) is 1.65. The predicted octanol–water partition coefficient (Wildman–Crippen LogP) is 2.22. The Labute approximate surface area is 330 Å². The minimum Gasteiger partial charge on any atom is -0.470 e. The highest BCUT2D eigenvalue weighted by Gasteiger charge is 2.33. The molecule has 0 bridgehead atoms.